The maximum atomic E-state index is 13.5. The number of carbonyl (C=O) groups is 3. The molecule has 1 heterocycles. The van der Waals surface area contributed by atoms with Gasteiger partial charge in [-0.05, 0) is 61.2 Å². The number of rotatable bonds is 10. The van der Waals surface area contributed by atoms with Gasteiger partial charge in [-0.15, -0.1) is 0 Å². The zero-order chi connectivity index (χ0) is 28.9. The fourth-order valence-electron chi connectivity index (χ4n) is 3.93. The van der Waals surface area contributed by atoms with Crippen LogP contribution in [0.4, 0.5) is 17.6 Å². The number of aryl methyl sites for hydroxylation is 1. The second-order valence-corrected chi connectivity index (χ2v) is 9.90. The summed E-state index contributed by atoms with van der Waals surface area (Å²) in [5.74, 6) is -3.91. The van der Waals surface area contributed by atoms with Gasteiger partial charge in [0.15, 0.2) is 5.76 Å². The van der Waals surface area contributed by atoms with Crippen molar-refractivity contribution in [3.63, 3.8) is 0 Å². The van der Waals surface area contributed by atoms with E-state index in [1.54, 1.807) is 19.1 Å². The molecule has 3 N–H and O–H groups in total. The highest BCUT2D eigenvalue weighted by Gasteiger charge is 2.34. The van der Waals surface area contributed by atoms with Gasteiger partial charge in [-0.1, -0.05) is 29.3 Å². The van der Waals surface area contributed by atoms with Crippen molar-refractivity contribution in [2.75, 3.05) is 19.6 Å². The van der Waals surface area contributed by atoms with Crippen molar-refractivity contribution in [2.45, 2.75) is 38.4 Å². The van der Waals surface area contributed by atoms with Crippen molar-refractivity contribution >= 4 is 40.9 Å². The van der Waals surface area contributed by atoms with E-state index in [0.717, 1.165) is 16.5 Å². The molecule has 3 amide bonds. The first-order chi connectivity index (χ1) is 18.2. The van der Waals surface area contributed by atoms with Gasteiger partial charge in [0, 0.05) is 19.1 Å². The third-order valence-electron chi connectivity index (χ3n) is 5.98. The molecule has 0 saturated carbocycles. The Morgan fingerprint density at radius 3 is 2.49 bits per heavy atom. The number of amides is 3. The lowest BCUT2D eigenvalue weighted by atomic mass is 10.1. The highest BCUT2D eigenvalue weighted by atomic mass is 35.5. The van der Waals surface area contributed by atoms with E-state index in [0.29, 0.717) is 35.0 Å². The minimum Gasteiger partial charge on any atom is -0.503 e. The van der Waals surface area contributed by atoms with Crippen LogP contribution in [0.15, 0.2) is 47.7 Å². The molecule has 1 aliphatic rings. The van der Waals surface area contributed by atoms with Gasteiger partial charge >= 0.3 is 6.18 Å². The van der Waals surface area contributed by atoms with Crippen LogP contribution < -0.4 is 10.6 Å². The number of aliphatic hydroxyl groups excluding tert-OH is 1. The molecule has 7 nitrogen and oxygen atoms in total. The van der Waals surface area contributed by atoms with Gasteiger partial charge in [0.25, 0.3) is 11.8 Å². The highest BCUT2D eigenvalue weighted by molar-refractivity contribution is 6.42. The maximum Gasteiger partial charge on any atom is 0.416 e. The molecule has 2 aromatic carbocycles. The van der Waals surface area contributed by atoms with Crippen LogP contribution in [0.1, 0.15) is 30.0 Å². The van der Waals surface area contributed by atoms with Crippen LogP contribution in [-0.2, 0) is 33.4 Å². The molecule has 0 saturated heterocycles. The number of benzene rings is 2. The molecule has 3 rings (SSSR count). The summed E-state index contributed by atoms with van der Waals surface area (Å²) in [5, 5.41) is 16.2. The average Bonchev–Trinajstić information content (AvgIpc) is 3.12. The quantitative estimate of drug-likeness (QED) is 0.353. The van der Waals surface area contributed by atoms with Crippen molar-refractivity contribution in [1.82, 2.24) is 15.5 Å². The Balaban J connectivity index is 1.46. The minimum absolute atomic E-state index is 0.0742. The molecule has 0 aromatic heterocycles. The number of hydrogen-bond donors (Lipinski definition) is 3. The van der Waals surface area contributed by atoms with E-state index in [9.17, 15) is 37.1 Å². The van der Waals surface area contributed by atoms with E-state index in [4.69, 9.17) is 23.2 Å². The van der Waals surface area contributed by atoms with Crippen LogP contribution in [0.2, 0.25) is 10.0 Å². The van der Waals surface area contributed by atoms with E-state index in [-0.39, 0.29) is 36.8 Å². The van der Waals surface area contributed by atoms with Gasteiger partial charge in [-0.2, -0.15) is 13.2 Å². The second-order valence-electron chi connectivity index (χ2n) is 9.09. The molecule has 2 aromatic rings. The molecule has 1 aliphatic heterocycles. The second kappa shape index (κ2) is 12.7. The summed E-state index contributed by atoms with van der Waals surface area (Å²) in [5.41, 5.74) is -0.560. The van der Waals surface area contributed by atoms with Crippen molar-refractivity contribution in [3.8, 4) is 0 Å². The first kappa shape index (κ1) is 30.2. The summed E-state index contributed by atoms with van der Waals surface area (Å²) >= 11 is 11.9. The van der Waals surface area contributed by atoms with E-state index in [1.807, 2.05) is 6.07 Å². The van der Waals surface area contributed by atoms with Crippen LogP contribution in [0.5, 0.6) is 0 Å². The number of halogens is 6. The van der Waals surface area contributed by atoms with Gasteiger partial charge in [0.2, 0.25) is 5.91 Å². The Morgan fingerprint density at radius 2 is 1.82 bits per heavy atom. The molecule has 1 unspecified atom stereocenters. The van der Waals surface area contributed by atoms with E-state index in [2.05, 4.69) is 10.6 Å². The summed E-state index contributed by atoms with van der Waals surface area (Å²) in [6.07, 6.45) is -4.12. The van der Waals surface area contributed by atoms with Crippen LogP contribution in [0, 0.1) is 5.82 Å². The van der Waals surface area contributed by atoms with Crippen molar-refractivity contribution in [2.24, 2.45) is 0 Å². The normalized spacial score (nSPS) is 14.5. The topological polar surface area (TPSA) is 98.7 Å². The molecule has 0 spiro atoms. The standard InChI is InChI=1S/C26H25Cl2F4N3O4/c1-14(2-3-15-4-5-20(27)21(28)10-15)34-24(38)19-13-35(25(39)23(19)37)7-6-33-22(36)11-16-8-17(26(30,31)32)12-18(29)9-16/h4-5,8-10,12,14,37H,2-3,6-7,11,13H2,1H3,(H,33,36)(H,34,38). The molecule has 39 heavy (non-hydrogen) atoms. The van der Waals surface area contributed by atoms with Gasteiger partial charge in [-0.25, -0.2) is 4.39 Å². The summed E-state index contributed by atoms with van der Waals surface area (Å²) < 4.78 is 52.1. The van der Waals surface area contributed by atoms with Crippen LogP contribution in [0.25, 0.3) is 0 Å². The summed E-state index contributed by atoms with van der Waals surface area (Å²) in [6.45, 7) is 1.40. The molecule has 0 radical (unpaired) electrons. The molecule has 1 atom stereocenters. The molecule has 0 bridgehead atoms. The van der Waals surface area contributed by atoms with Gasteiger partial charge in [0.05, 0.1) is 34.1 Å². The van der Waals surface area contributed by atoms with E-state index >= 15 is 0 Å². The zero-order valence-electron chi connectivity index (χ0n) is 20.7. The summed E-state index contributed by atoms with van der Waals surface area (Å²) in [7, 11) is 0. The van der Waals surface area contributed by atoms with Gasteiger partial charge in [-0.3, -0.25) is 14.4 Å². The SMILES string of the molecule is CC(CCc1ccc(Cl)c(Cl)c1)NC(=O)C1=C(O)C(=O)N(CCNC(=O)Cc2cc(F)cc(C(F)(F)F)c2)C1. The Labute approximate surface area is 231 Å². The molecular formula is C26H25Cl2F4N3O4. The number of nitrogens with zero attached hydrogens (tertiary/aromatic N) is 1. The number of aliphatic hydroxyl groups is 1. The number of alkyl halides is 3. The number of carbonyl (C=O) groups excluding carboxylic acids is 3. The number of nitrogens with one attached hydrogen (secondary N) is 2. The highest BCUT2D eigenvalue weighted by Crippen LogP contribution is 2.30. The Hall–Kier alpha value is -3.31. The van der Waals surface area contributed by atoms with E-state index in [1.165, 1.54) is 0 Å². The molecule has 0 fully saturated rings. The monoisotopic (exact) mass is 589 g/mol. The van der Waals surface area contributed by atoms with Gasteiger partial charge in [0.1, 0.15) is 5.82 Å². The lowest BCUT2D eigenvalue weighted by molar-refractivity contribution is -0.138. The number of hydrogen-bond acceptors (Lipinski definition) is 4. The van der Waals surface area contributed by atoms with Crippen LogP contribution in [-0.4, -0.2) is 53.4 Å². The lowest BCUT2D eigenvalue weighted by Crippen LogP contribution is -2.38. The fourth-order valence-corrected chi connectivity index (χ4v) is 4.25. The smallest absolute Gasteiger partial charge is 0.416 e. The third-order valence-corrected chi connectivity index (χ3v) is 6.72. The van der Waals surface area contributed by atoms with E-state index < -0.39 is 47.5 Å². The molecule has 210 valence electrons. The minimum atomic E-state index is -4.76. The first-order valence-electron chi connectivity index (χ1n) is 11.8. The zero-order valence-corrected chi connectivity index (χ0v) is 22.2. The predicted molar refractivity (Wildman–Crippen MR) is 137 cm³/mol. The Morgan fingerprint density at radius 1 is 1.10 bits per heavy atom. The fraction of sp³-hybridized carbons (Fsp3) is 0.346. The molecule has 13 heteroatoms. The van der Waals surface area contributed by atoms with Crippen molar-refractivity contribution in [3.05, 3.63) is 80.3 Å². The molecular weight excluding hydrogens is 565 g/mol. The van der Waals surface area contributed by atoms with Crippen molar-refractivity contribution < 1.29 is 37.1 Å². The van der Waals surface area contributed by atoms with Crippen LogP contribution >= 0.6 is 23.2 Å². The maximum absolute atomic E-state index is 13.5. The summed E-state index contributed by atoms with van der Waals surface area (Å²) in [4.78, 5) is 38.3. The van der Waals surface area contributed by atoms with Gasteiger partial charge < -0.3 is 20.6 Å². The predicted octanol–water partition coefficient (Wildman–Crippen LogP) is 4.60. The largest absolute Gasteiger partial charge is 0.503 e. The Bertz CT molecular complexity index is 1300. The lowest BCUT2D eigenvalue weighted by Gasteiger charge is -2.17. The van der Waals surface area contributed by atoms with Crippen LogP contribution in [0.3, 0.4) is 0 Å². The molecule has 0 aliphatic carbocycles. The van der Waals surface area contributed by atoms with Crippen molar-refractivity contribution in [1.29, 1.82) is 0 Å². The first-order valence-corrected chi connectivity index (χ1v) is 12.6. The Kier molecular flexibility index (Phi) is 9.84. The summed E-state index contributed by atoms with van der Waals surface area (Å²) in [6, 6.07) is 6.79. The average molecular weight is 590 g/mol. The third kappa shape index (κ3) is 8.34.